The molecule has 7 heteroatoms. The normalized spacial score (nSPS) is 13.6. The van der Waals surface area contributed by atoms with Gasteiger partial charge in [-0.15, -0.1) is 0 Å². The third-order valence-corrected chi connectivity index (χ3v) is 6.03. The van der Waals surface area contributed by atoms with E-state index >= 15 is 0 Å². The Kier molecular flexibility index (Phi) is 3.96. The largest absolute Gasteiger partial charge is 0.421 e. The standard InChI is InChI=1S/C19H18N2O4S/c1-20-17-15-7-2-3-8-16(15)25-19(22)18(17)21-26(23,24)14-10-9-12-5-4-6-13(12)11-14/h2-3,7-11,20-21H,4-6H2,1H3. The number of benzene rings is 2. The average molecular weight is 370 g/mol. The summed E-state index contributed by atoms with van der Waals surface area (Å²) in [6.45, 7) is 0. The lowest BCUT2D eigenvalue weighted by Gasteiger charge is -2.13. The number of para-hydroxylation sites is 1. The molecule has 134 valence electrons. The van der Waals surface area contributed by atoms with Crippen molar-refractivity contribution in [3.63, 3.8) is 0 Å². The fraction of sp³-hybridized carbons (Fsp3) is 0.211. The van der Waals surface area contributed by atoms with Crippen molar-refractivity contribution in [1.82, 2.24) is 0 Å². The van der Waals surface area contributed by atoms with Crippen molar-refractivity contribution in [3.05, 3.63) is 64.0 Å². The number of nitrogens with one attached hydrogen (secondary N) is 2. The maximum atomic E-state index is 12.8. The van der Waals surface area contributed by atoms with Gasteiger partial charge in [0, 0.05) is 12.4 Å². The summed E-state index contributed by atoms with van der Waals surface area (Å²) in [6.07, 6.45) is 2.88. The van der Waals surface area contributed by atoms with Gasteiger partial charge < -0.3 is 9.73 Å². The molecule has 1 heterocycles. The lowest BCUT2D eigenvalue weighted by Crippen LogP contribution is -2.20. The summed E-state index contributed by atoms with van der Waals surface area (Å²) in [5.74, 6) is 0. The summed E-state index contributed by atoms with van der Waals surface area (Å²) >= 11 is 0. The zero-order valence-corrected chi connectivity index (χ0v) is 15.0. The number of anilines is 2. The van der Waals surface area contributed by atoms with Gasteiger partial charge in [-0.05, 0) is 54.7 Å². The van der Waals surface area contributed by atoms with Gasteiger partial charge in [-0.2, -0.15) is 0 Å². The van der Waals surface area contributed by atoms with Crippen LogP contribution in [0.1, 0.15) is 17.5 Å². The Balaban J connectivity index is 1.81. The number of rotatable bonds is 4. The average Bonchev–Trinajstić information content (AvgIpc) is 3.10. The fourth-order valence-corrected chi connectivity index (χ4v) is 4.53. The van der Waals surface area contributed by atoms with Gasteiger partial charge in [-0.25, -0.2) is 13.2 Å². The minimum atomic E-state index is -3.91. The van der Waals surface area contributed by atoms with Crippen molar-refractivity contribution in [1.29, 1.82) is 0 Å². The van der Waals surface area contributed by atoms with Crippen LogP contribution < -0.4 is 15.7 Å². The predicted octanol–water partition coefficient (Wildman–Crippen LogP) is 3.12. The summed E-state index contributed by atoms with van der Waals surface area (Å²) in [5, 5.41) is 3.53. The Bertz CT molecular complexity index is 1170. The van der Waals surface area contributed by atoms with Gasteiger partial charge in [-0.3, -0.25) is 4.72 Å². The maximum absolute atomic E-state index is 12.8. The predicted molar refractivity (Wildman–Crippen MR) is 101 cm³/mol. The highest BCUT2D eigenvalue weighted by atomic mass is 32.2. The second kappa shape index (κ2) is 6.17. The highest BCUT2D eigenvalue weighted by Crippen LogP contribution is 2.30. The molecule has 1 aliphatic rings. The summed E-state index contributed by atoms with van der Waals surface area (Å²) in [7, 11) is -2.28. The first-order valence-corrected chi connectivity index (χ1v) is 9.86. The zero-order chi connectivity index (χ0) is 18.3. The van der Waals surface area contributed by atoms with Crippen LogP contribution in [0.3, 0.4) is 0 Å². The summed E-state index contributed by atoms with van der Waals surface area (Å²) in [6, 6.07) is 12.1. The zero-order valence-electron chi connectivity index (χ0n) is 14.2. The van der Waals surface area contributed by atoms with Gasteiger partial charge in [0.2, 0.25) is 0 Å². The molecular weight excluding hydrogens is 352 g/mol. The minimum absolute atomic E-state index is 0.119. The van der Waals surface area contributed by atoms with E-state index in [1.165, 1.54) is 5.56 Å². The third kappa shape index (κ3) is 2.74. The molecule has 3 aromatic rings. The van der Waals surface area contributed by atoms with Crippen LogP contribution in [0.2, 0.25) is 0 Å². The number of hydrogen-bond acceptors (Lipinski definition) is 5. The van der Waals surface area contributed by atoms with Gasteiger partial charge in [0.05, 0.1) is 10.6 Å². The van der Waals surface area contributed by atoms with E-state index in [0.717, 1.165) is 24.8 Å². The van der Waals surface area contributed by atoms with Crippen molar-refractivity contribution in [3.8, 4) is 0 Å². The van der Waals surface area contributed by atoms with Gasteiger partial charge in [0.1, 0.15) is 5.58 Å². The molecule has 0 saturated heterocycles. The SMILES string of the molecule is CNc1c(NS(=O)(=O)c2ccc3c(c2)CCC3)c(=O)oc2ccccc12. The molecule has 26 heavy (non-hydrogen) atoms. The van der Waals surface area contributed by atoms with Gasteiger partial charge in [0.15, 0.2) is 5.69 Å². The smallest absolute Gasteiger partial charge is 0.363 e. The van der Waals surface area contributed by atoms with Crippen LogP contribution >= 0.6 is 0 Å². The van der Waals surface area contributed by atoms with Crippen LogP contribution in [0.25, 0.3) is 11.0 Å². The molecule has 0 bridgehead atoms. The molecule has 0 amide bonds. The summed E-state index contributed by atoms with van der Waals surface area (Å²) in [4.78, 5) is 12.5. The molecule has 1 aromatic heterocycles. The molecule has 0 saturated carbocycles. The van der Waals surface area contributed by atoms with E-state index in [4.69, 9.17) is 4.42 Å². The van der Waals surface area contributed by atoms with Crippen LogP contribution in [-0.4, -0.2) is 15.5 Å². The molecule has 6 nitrogen and oxygen atoms in total. The van der Waals surface area contributed by atoms with E-state index in [-0.39, 0.29) is 10.6 Å². The van der Waals surface area contributed by atoms with E-state index in [9.17, 15) is 13.2 Å². The van der Waals surface area contributed by atoms with Crippen LogP contribution in [0.4, 0.5) is 11.4 Å². The molecular formula is C19H18N2O4S. The van der Waals surface area contributed by atoms with Gasteiger partial charge in [-0.1, -0.05) is 18.2 Å². The Morgan fingerprint density at radius 1 is 1.00 bits per heavy atom. The highest BCUT2D eigenvalue weighted by Gasteiger charge is 2.23. The van der Waals surface area contributed by atoms with Crippen molar-refractivity contribution < 1.29 is 12.8 Å². The molecule has 0 aliphatic heterocycles. The first kappa shape index (κ1) is 16.7. The lowest BCUT2D eigenvalue weighted by atomic mass is 10.1. The topological polar surface area (TPSA) is 88.4 Å². The molecule has 0 fully saturated rings. The van der Waals surface area contributed by atoms with Crippen molar-refractivity contribution >= 4 is 32.4 Å². The van der Waals surface area contributed by atoms with Gasteiger partial charge in [0.25, 0.3) is 10.0 Å². The van der Waals surface area contributed by atoms with Crippen molar-refractivity contribution in [2.75, 3.05) is 17.1 Å². The highest BCUT2D eigenvalue weighted by molar-refractivity contribution is 7.92. The molecule has 0 unspecified atom stereocenters. The van der Waals surface area contributed by atoms with E-state index in [0.29, 0.717) is 16.7 Å². The Morgan fingerprint density at radius 2 is 1.77 bits per heavy atom. The maximum Gasteiger partial charge on any atom is 0.363 e. The molecule has 4 rings (SSSR count). The Labute approximate surface area is 150 Å². The Morgan fingerprint density at radius 3 is 2.58 bits per heavy atom. The van der Waals surface area contributed by atoms with Crippen LogP contribution in [0.5, 0.6) is 0 Å². The van der Waals surface area contributed by atoms with Crippen LogP contribution in [0.15, 0.2) is 56.6 Å². The number of sulfonamides is 1. The second-order valence-electron chi connectivity index (χ2n) is 6.28. The minimum Gasteiger partial charge on any atom is -0.421 e. The number of hydrogen-bond donors (Lipinski definition) is 2. The first-order chi connectivity index (χ1) is 12.5. The molecule has 0 radical (unpaired) electrons. The second-order valence-corrected chi connectivity index (χ2v) is 7.96. The number of aryl methyl sites for hydroxylation is 2. The Hall–Kier alpha value is -2.80. The third-order valence-electron chi connectivity index (χ3n) is 4.68. The molecule has 0 spiro atoms. The van der Waals surface area contributed by atoms with Crippen molar-refractivity contribution in [2.45, 2.75) is 24.2 Å². The molecule has 0 atom stereocenters. The van der Waals surface area contributed by atoms with E-state index < -0.39 is 15.6 Å². The van der Waals surface area contributed by atoms with Crippen LogP contribution in [-0.2, 0) is 22.9 Å². The van der Waals surface area contributed by atoms with Crippen molar-refractivity contribution in [2.24, 2.45) is 0 Å². The summed E-state index contributed by atoms with van der Waals surface area (Å²) in [5.41, 5.74) is 2.16. The lowest BCUT2D eigenvalue weighted by molar-refractivity contribution is 0.563. The molecule has 2 aromatic carbocycles. The molecule has 1 aliphatic carbocycles. The fourth-order valence-electron chi connectivity index (χ4n) is 3.41. The van der Waals surface area contributed by atoms with Crippen LogP contribution in [0, 0.1) is 0 Å². The van der Waals surface area contributed by atoms with E-state index in [2.05, 4.69) is 10.0 Å². The molecule has 2 N–H and O–H groups in total. The quantitative estimate of drug-likeness (QED) is 0.689. The monoisotopic (exact) mass is 370 g/mol. The van der Waals surface area contributed by atoms with Gasteiger partial charge >= 0.3 is 5.63 Å². The van der Waals surface area contributed by atoms with E-state index in [1.807, 2.05) is 6.07 Å². The number of fused-ring (bicyclic) bond motifs is 2. The summed E-state index contributed by atoms with van der Waals surface area (Å²) < 4.78 is 33.4. The first-order valence-electron chi connectivity index (χ1n) is 8.38. The van der Waals surface area contributed by atoms with E-state index in [1.54, 1.807) is 43.4 Å².